The highest BCUT2D eigenvalue weighted by Crippen LogP contribution is 2.17. The van der Waals surface area contributed by atoms with E-state index < -0.39 is 6.18 Å². The first-order chi connectivity index (χ1) is 3.95. The van der Waals surface area contributed by atoms with Crippen molar-refractivity contribution in [1.29, 1.82) is 0 Å². The molecule has 0 aliphatic carbocycles. The molecule has 0 aliphatic heterocycles. The highest BCUT2D eigenvalue weighted by Gasteiger charge is 2.22. The molecular weight excluding hydrogens is 131 g/mol. The van der Waals surface area contributed by atoms with Gasteiger partial charge in [-0.05, 0) is 6.92 Å². The average Bonchev–Trinajstić information content (AvgIpc) is 1.62. The summed E-state index contributed by atoms with van der Waals surface area (Å²) in [4.78, 5) is 0. The van der Waals surface area contributed by atoms with Gasteiger partial charge in [0.2, 0.25) is 0 Å². The van der Waals surface area contributed by atoms with Crippen LogP contribution in [-0.4, -0.2) is 12.7 Å². The van der Waals surface area contributed by atoms with Crippen molar-refractivity contribution in [2.75, 3.05) is 6.54 Å². The lowest BCUT2D eigenvalue weighted by Gasteiger charge is -1.99. The number of hydrogen-bond donors (Lipinski definition) is 1. The minimum Gasteiger partial charge on any atom is -0.327 e. The van der Waals surface area contributed by atoms with Gasteiger partial charge in [-0.25, -0.2) is 0 Å². The van der Waals surface area contributed by atoms with Crippen molar-refractivity contribution in [1.82, 2.24) is 0 Å². The zero-order valence-corrected chi connectivity index (χ0v) is 5.00. The molecule has 4 heteroatoms. The van der Waals surface area contributed by atoms with Gasteiger partial charge in [-0.3, -0.25) is 0 Å². The fourth-order valence-corrected chi connectivity index (χ4v) is 0.338. The third kappa shape index (κ3) is 5.36. The summed E-state index contributed by atoms with van der Waals surface area (Å²) < 4.78 is 34.1. The minimum atomic E-state index is -4.22. The number of rotatable bonds is 1. The highest BCUT2D eigenvalue weighted by atomic mass is 19.4. The maximum Gasteiger partial charge on any atom is 0.409 e. The van der Waals surface area contributed by atoms with Gasteiger partial charge in [0.1, 0.15) is 0 Å². The maximum atomic E-state index is 11.4. The van der Waals surface area contributed by atoms with Crippen molar-refractivity contribution in [3.05, 3.63) is 11.6 Å². The molecule has 0 spiro atoms. The molecule has 0 saturated heterocycles. The van der Waals surface area contributed by atoms with Crippen LogP contribution in [0.15, 0.2) is 11.6 Å². The van der Waals surface area contributed by atoms with E-state index in [2.05, 4.69) is 0 Å². The average molecular weight is 139 g/mol. The lowest BCUT2D eigenvalue weighted by molar-refractivity contribution is -0.0805. The van der Waals surface area contributed by atoms with E-state index in [0.29, 0.717) is 0 Å². The van der Waals surface area contributed by atoms with Crippen molar-refractivity contribution < 1.29 is 13.2 Å². The van der Waals surface area contributed by atoms with Crippen LogP contribution in [0.4, 0.5) is 13.2 Å². The van der Waals surface area contributed by atoms with Crippen LogP contribution >= 0.6 is 0 Å². The number of halogens is 3. The van der Waals surface area contributed by atoms with Crippen LogP contribution in [-0.2, 0) is 0 Å². The molecule has 0 heterocycles. The van der Waals surface area contributed by atoms with Crippen LogP contribution in [0.2, 0.25) is 0 Å². The summed E-state index contributed by atoms with van der Waals surface area (Å²) in [7, 11) is 0. The summed E-state index contributed by atoms with van der Waals surface area (Å²) in [6.45, 7) is 1.30. The second kappa shape index (κ2) is 2.87. The molecule has 0 aromatic heterocycles. The Morgan fingerprint density at radius 3 is 2.11 bits per heavy atom. The molecule has 9 heavy (non-hydrogen) atoms. The van der Waals surface area contributed by atoms with Crippen molar-refractivity contribution in [2.45, 2.75) is 13.1 Å². The van der Waals surface area contributed by atoms with Crippen molar-refractivity contribution >= 4 is 0 Å². The van der Waals surface area contributed by atoms with Crippen LogP contribution in [0.1, 0.15) is 6.92 Å². The Kier molecular flexibility index (Phi) is 2.70. The van der Waals surface area contributed by atoms with Gasteiger partial charge in [-0.2, -0.15) is 13.2 Å². The second-order valence-corrected chi connectivity index (χ2v) is 1.74. The summed E-state index contributed by atoms with van der Waals surface area (Å²) in [6, 6.07) is 0. The quantitative estimate of drug-likeness (QED) is 0.547. The van der Waals surface area contributed by atoms with Gasteiger partial charge in [0.05, 0.1) is 0 Å². The topological polar surface area (TPSA) is 26.0 Å². The van der Waals surface area contributed by atoms with E-state index in [1.165, 1.54) is 6.92 Å². The smallest absolute Gasteiger partial charge is 0.327 e. The minimum absolute atomic E-state index is 0.0422. The highest BCUT2D eigenvalue weighted by molar-refractivity contribution is 5.02. The predicted molar refractivity (Wildman–Crippen MR) is 28.9 cm³/mol. The molecule has 0 saturated carbocycles. The Morgan fingerprint density at radius 1 is 1.56 bits per heavy atom. The third-order valence-electron chi connectivity index (χ3n) is 0.732. The van der Waals surface area contributed by atoms with Crippen molar-refractivity contribution in [3.8, 4) is 0 Å². The van der Waals surface area contributed by atoms with Gasteiger partial charge >= 0.3 is 6.18 Å². The molecule has 0 aliphatic rings. The first-order valence-electron chi connectivity index (χ1n) is 2.41. The van der Waals surface area contributed by atoms with Crippen LogP contribution in [0.25, 0.3) is 0 Å². The molecule has 2 N–H and O–H groups in total. The largest absolute Gasteiger partial charge is 0.409 e. The molecule has 0 atom stereocenters. The molecular formula is C5H8F3N. The molecule has 54 valence electrons. The molecule has 0 fully saturated rings. The van der Waals surface area contributed by atoms with E-state index in [0.717, 1.165) is 0 Å². The van der Waals surface area contributed by atoms with E-state index in [9.17, 15) is 13.2 Å². The fraction of sp³-hybridized carbons (Fsp3) is 0.600. The summed E-state index contributed by atoms with van der Waals surface area (Å²) in [5.74, 6) is 0. The first kappa shape index (κ1) is 8.49. The molecule has 0 aromatic rings. The Balaban J connectivity index is 3.95. The van der Waals surface area contributed by atoms with Gasteiger partial charge < -0.3 is 5.73 Å². The normalized spacial score (nSPS) is 14.1. The third-order valence-corrected chi connectivity index (χ3v) is 0.732. The van der Waals surface area contributed by atoms with Crippen LogP contribution < -0.4 is 5.73 Å². The Bertz CT molecular complexity index is 114. The number of allylic oxidation sites excluding steroid dienone is 1. The molecule has 1 nitrogen and oxygen atoms in total. The lowest BCUT2D eigenvalue weighted by atomic mass is 10.3. The van der Waals surface area contributed by atoms with Gasteiger partial charge in [-0.15, -0.1) is 0 Å². The van der Waals surface area contributed by atoms with Gasteiger partial charge in [0.25, 0.3) is 0 Å². The summed E-state index contributed by atoms with van der Waals surface area (Å²) >= 11 is 0. The van der Waals surface area contributed by atoms with Crippen LogP contribution in [0.3, 0.4) is 0 Å². The monoisotopic (exact) mass is 139 g/mol. The zero-order valence-electron chi connectivity index (χ0n) is 5.00. The molecule has 0 radical (unpaired) electrons. The maximum absolute atomic E-state index is 11.4. The first-order valence-corrected chi connectivity index (χ1v) is 2.41. The molecule has 0 rings (SSSR count). The van der Waals surface area contributed by atoms with Crippen LogP contribution in [0, 0.1) is 0 Å². The number of nitrogens with two attached hydrogens (primary N) is 1. The molecule has 0 unspecified atom stereocenters. The fourth-order valence-electron chi connectivity index (χ4n) is 0.338. The Labute approximate surface area is 51.3 Å². The zero-order chi connectivity index (χ0) is 7.49. The van der Waals surface area contributed by atoms with Crippen LogP contribution in [0.5, 0.6) is 0 Å². The Hall–Kier alpha value is -0.510. The second-order valence-electron chi connectivity index (χ2n) is 1.74. The van der Waals surface area contributed by atoms with Gasteiger partial charge in [0.15, 0.2) is 0 Å². The van der Waals surface area contributed by atoms with Crippen molar-refractivity contribution in [3.63, 3.8) is 0 Å². The van der Waals surface area contributed by atoms with E-state index in [4.69, 9.17) is 5.73 Å². The van der Waals surface area contributed by atoms with E-state index in [1.54, 1.807) is 0 Å². The Morgan fingerprint density at radius 2 is 2.00 bits per heavy atom. The molecule has 0 aromatic carbocycles. The standard InChI is InChI=1S/C5H8F3N/c1-4(3-9)2-5(6,7)8/h2H,3,9H2,1H3/b4-2-. The van der Waals surface area contributed by atoms with Gasteiger partial charge in [-0.1, -0.05) is 5.57 Å². The predicted octanol–water partition coefficient (Wildman–Crippen LogP) is 1.45. The van der Waals surface area contributed by atoms with E-state index in [-0.39, 0.29) is 18.2 Å². The SMILES string of the molecule is C/C(=C/C(F)(F)F)CN. The van der Waals surface area contributed by atoms with Crippen molar-refractivity contribution in [2.24, 2.45) is 5.73 Å². The number of alkyl halides is 3. The summed E-state index contributed by atoms with van der Waals surface area (Å²) in [5, 5.41) is 0. The van der Waals surface area contributed by atoms with E-state index in [1.807, 2.05) is 0 Å². The lowest BCUT2D eigenvalue weighted by Crippen LogP contribution is -2.07. The molecule has 0 bridgehead atoms. The van der Waals surface area contributed by atoms with Gasteiger partial charge in [0, 0.05) is 12.6 Å². The molecule has 0 amide bonds. The van der Waals surface area contributed by atoms with E-state index >= 15 is 0 Å². The number of hydrogen-bond acceptors (Lipinski definition) is 1. The summed E-state index contributed by atoms with van der Waals surface area (Å²) in [5.41, 5.74) is 5.05. The summed E-state index contributed by atoms with van der Waals surface area (Å²) in [6.07, 6.45) is -4.02.